The third-order valence-electron chi connectivity index (χ3n) is 4.32. The van der Waals surface area contributed by atoms with Crippen molar-refractivity contribution in [1.82, 2.24) is 0 Å². The van der Waals surface area contributed by atoms with Gasteiger partial charge in [0.05, 0.1) is 0 Å². The maximum Gasteiger partial charge on any atom is 0.0243 e. The van der Waals surface area contributed by atoms with Crippen molar-refractivity contribution in [3.8, 4) is 46.9 Å². The van der Waals surface area contributed by atoms with E-state index in [-0.39, 0.29) is 21.1 Å². The molecule has 0 radical (unpaired) electrons. The van der Waals surface area contributed by atoms with E-state index in [1.807, 2.05) is 84.9 Å². The maximum absolute atomic E-state index is 5.29. The molecule has 0 aromatic heterocycles. The van der Waals surface area contributed by atoms with Crippen LogP contribution in [-0.4, -0.2) is 0 Å². The van der Waals surface area contributed by atoms with Gasteiger partial charge < -0.3 is 0 Å². The third-order valence-corrected chi connectivity index (χ3v) is 4.32. The summed E-state index contributed by atoms with van der Waals surface area (Å²) < 4.78 is 0. The molecule has 4 aromatic carbocycles. The fourth-order valence-corrected chi connectivity index (χ4v) is 2.78. The summed E-state index contributed by atoms with van der Waals surface area (Å²) in [5.74, 6) is 5.21. The minimum Gasteiger partial charge on any atom is -0.115 e. The summed E-state index contributed by atoms with van der Waals surface area (Å²) in [6.45, 7) is 0. The molecular weight excluding hydrogens is 531 g/mol. The van der Waals surface area contributed by atoms with Crippen molar-refractivity contribution in [3.05, 3.63) is 120 Å². The van der Waals surface area contributed by atoms with Crippen LogP contribution in [-0.2, 0) is 21.1 Å². The van der Waals surface area contributed by atoms with E-state index in [4.69, 9.17) is 12.8 Å². The summed E-state index contributed by atoms with van der Waals surface area (Å²) in [5.41, 5.74) is 6.68. The van der Waals surface area contributed by atoms with Crippen LogP contribution in [0.25, 0.3) is 22.3 Å². The van der Waals surface area contributed by atoms with E-state index >= 15 is 0 Å². The molecular formula is C28H20Pt. The molecule has 0 aliphatic carbocycles. The molecule has 0 fully saturated rings. The molecule has 0 nitrogen and oxygen atoms in total. The van der Waals surface area contributed by atoms with Crippen molar-refractivity contribution in [2.75, 3.05) is 0 Å². The quantitative estimate of drug-likeness (QED) is 0.244. The molecule has 0 saturated carbocycles. The molecule has 0 spiro atoms. The van der Waals surface area contributed by atoms with Crippen molar-refractivity contribution in [3.63, 3.8) is 0 Å². The van der Waals surface area contributed by atoms with Crippen molar-refractivity contribution < 1.29 is 21.1 Å². The number of hydrogen-bond donors (Lipinski definition) is 0. The van der Waals surface area contributed by atoms with Crippen molar-refractivity contribution >= 4 is 0 Å². The SMILES string of the molecule is C#Cc1ccc(-c2ccccc2)cc1.C#Cc1ccc(-c2ccccc2)cc1.[Pt]. The van der Waals surface area contributed by atoms with E-state index in [1.54, 1.807) is 0 Å². The van der Waals surface area contributed by atoms with E-state index in [0.29, 0.717) is 0 Å². The minimum atomic E-state index is 0. The first-order chi connectivity index (χ1) is 13.8. The molecule has 4 rings (SSSR count). The predicted octanol–water partition coefficient (Wildman–Crippen LogP) is 6.67. The Hall–Kier alpha value is -3.31. The topological polar surface area (TPSA) is 0 Å². The smallest absolute Gasteiger partial charge is 0.0243 e. The van der Waals surface area contributed by atoms with E-state index in [1.165, 1.54) is 22.3 Å². The summed E-state index contributed by atoms with van der Waals surface area (Å²) in [4.78, 5) is 0. The van der Waals surface area contributed by atoms with E-state index in [2.05, 4.69) is 36.1 Å². The maximum atomic E-state index is 5.29. The first kappa shape index (κ1) is 22.0. The van der Waals surface area contributed by atoms with Gasteiger partial charge in [-0.25, -0.2) is 0 Å². The van der Waals surface area contributed by atoms with Crippen LogP contribution in [0.4, 0.5) is 0 Å². The van der Waals surface area contributed by atoms with Crippen LogP contribution >= 0.6 is 0 Å². The van der Waals surface area contributed by atoms with Gasteiger partial charge in [0.25, 0.3) is 0 Å². The van der Waals surface area contributed by atoms with Gasteiger partial charge in [-0.05, 0) is 46.5 Å². The second-order valence-corrected chi connectivity index (χ2v) is 6.18. The molecule has 0 atom stereocenters. The number of benzene rings is 4. The van der Waals surface area contributed by atoms with Crippen molar-refractivity contribution in [1.29, 1.82) is 0 Å². The van der Waals surface area contributed by atoms with Gasteiger partial charge in [-0.2, -0.15) is 0 Å². The van der Waals surface area contributed by atoms with Crippen LogP contribution in [0.3, 0.4) is 0 Å². The van der Waals surface area contributed by atoms with Gasteiger partial charge >= 0.3 is 0 Å². The normalized spacial score (nSPS) is 9.03. The van der Waals surface area contributed by atoms with Gasteiger partial charge in [-0.3, -0.25) is 0 Å². The molecule has 4 aromatic rings. The standard InChI is InChI=1S/2C14H10.Pt/c2*1-2-12-8-10-14(11-9-12)13-6-4-3-5-7-13;/h2*1,3-11H;. The zero-order chi connectivity index (χ0) is 19.6. The summed E-state index contributed by atoms with van der Waals surface area (Å²) in [6.07, 6.45) is 10.6. The molecule has 0 bridgehead atoms. The summed E-state index contributed by atoms with van der Waals surface area (Å²) in [7, 11) is 0. The number of hydrogen-bond acceptors (Lipinski definition) is 0. The van der Waals surface area contributed by atoms with Gasteiger partial charge in [0.2, 0.25) is 0 Å². The minimum absolute atomic E-state index is 0. The fourth-order valence-electron chi connectivity index (χ4n) is 2.78. The summed E-state index contributed by atoms with van der Waals surface area (Å²) in [5, 5.41) is 0. The Labute approximate surface area is 187 Å². The molecule has 1 heteroatoms. The van der Waals surface area contributed by atoms with E-state index in [9.17, 15) is 0 Å². The zero-order valence-corrected chi connectivity index (χ0v) is 18.1. The Bertz CT molecular complexity index is 987. The van der Waals surface area contributed by atoms with Gasteiger partial charge in [0.1, 0.15) is 0 Å². The Morgan fingerprint density at radius 3 is 0.931 bits per heavy atom. The van der Waals surface area contributed by atoms with Crippen molar-refractivity contribution in [2.45, 2.75) is 0 Å². The average Bonchev–Trinajstić information content (AvgIpc) is 2.81. The van der Waals surface area contributed by atoms with Crippen LogP contribution in [0.1, 0.15) is 11.1 Å². The second kappa shape index (κ2) is 11.5. The molecule has 29 heavy (non-hydrogen) atoms. The van der Waals surface area contributed by atoms with Crippen LogP contribution < -0.4 is 0 Å². The molecule has 0 amide bonds. The van der Waals surface area contributed by atoms with Crippen LogP contribution in [0.2, 0.25) is 0 Å². The van der Waals surface area contributed by atoms with Crippen LogP contribution in [0.5, 0.6) is 0 Å². The molecule has 0 heterocycles. The molecule has 0 unspecified atom stereocenters. The van der Waals surface area contributed by atoms with Gasteiger partial charge in [0, 0.05) is 32.2 Å². The molecule has 142 valence electrons. The van der Waals surface area contributed by atoms with Gasteiger partial charge in [-0.15, -0.1) is 12.8 Å². The first-order valence-corrected chi connectivity index (χ1v) is 9.04. The largest absolute Gasteiger partial charge is 0.115 e. The fraction of sp³-hybridized carbons (Fsp3) is 0. The average molecular weight is 552 g/mol. The Morgan fingerprint density at radius 2 is 0.655 bits per heavy atom. The Morgan fingerprint density at radius 1 is 0.379 bits per heavy atom. The molecule has 0 aliphatic heterocycles. The Kier molecular flexibility index (Phi) is 8.73. The zero-order valence-electron chi connectivity index (χ0n) is 15.9. The van der Waals surface area contributed by atoms with E-state index in [0.717, 1.165) is 11.1 Å². The number of rotatable bonds is 2. The summed E-state index contributed by atoms with van der Waals surface area (Å²) in [6, 6.07) is 36.5. The molecule has 0 aliphatic rings. The molecule has 0 N–H and O–H groups in total. The Balaban J connectivity index is 0.000000200. The van der Waals surface area contributed by atoms with E-state index < -0.39 is 0 Å². The van der Waals surface area contributed by atoms with Crippen LogP contribution in [0, 0.1) is 24.7 Å². The van der Waals surface area contributed by atoms with Crippen molar-refractivity contribution in [2.24, 2.45) is 0 Å². The monoisotopic (exact) mass is 551 g/mol. The van der Waals surface area contributed by atoms with Crippen LogP contribution in [0.15, 0.2) is 109 Å². The first-order valence-electron chi connectivity index (χ1n) is 9.04. The second-order valence-electron chi connectivity index (χ2n) is 6.18. The van der Waals surface area contributed by atoms with Gasteiger partial charge in [-0.1, -0.05) is 96.8 Å². The summed E-state index contributed by atoms with van der Waals surface area (Å²) >= 11 is 0. The third kappa shape index (κ3) is 6.36. The van der Waals surface area contributed by atoms with Gasteiger partial charge in [0.15, 0.2) is 0 Å². The molecule has 0 saturated heterocycles. The predicted molar refractivity (Wildman–Crippen MR) is 120 cm³/mol. The number of terminal acetylenes is 2.